The molecule has 1 atom stereocenters. The van der Waals surface area contributed by atoms with Crippen LogP contribution in [0.5, 0.6) is 0 Å². The molecule has 0 aromatic heterocycles. The third-order valence-corrected chi connectivity index (χ3v) is 4.73. The number of hydrogen-bond acceptors (Lipinski definition) is 5. The van der Waals surface area contributed by atoms with Gasteiger partial charge in [-0.2, -0.15) is 0 Å². The van der Waals surface area contributed by atoms with Crippen LogP contribution in [0.1, 0.15) is 6.92 Å². The van der Waals surface area contributed by atoms with Gasteiger partial charge in [-0.15, -0.1) is 0 Å². The van der Waals surface area contributed by atoms with Crippen LogP contribution in [0.2, 0.25) is 0 Å². The zero-order valence-electron chi connectivity index (χ0n) is 7.08. The van der Waals surface area contributed by atoms with Gasteiger partial charge >= 0.3 is 56.5 Å². The van der Waals surface area contributed by atoms with Crippen molar-refractivity contribution >= 4 is 64.1 Å². The standard InChI is InChI=1S/C2H8O7P2.Ba.2H2O/c1-2(3,10(4,5)6)11(7,8)9;;;/h3H,1H3,(H2,4,5,6)(H2,7,8,9);;2*1H2/q;+2;;/p-2. The maximum Gasteiger partial charge on any atom is 2.00 e. The van der Waals surface area contributed by atoms with Crippen molar-refractivity contribution in [3.63, 3.8) is 0 Å². The van der Waals surface area contributed by atoms with E-state index in [4.69, 9.17) is 14.9 Å². The Morgan fingerprint density at radius 3 is 1.36 bits per heavy atom. The average molecular weight is 377 g/mol. The van der Waals surface area contributed by atoms with E-state index in [1.54, 1.807) is 0 Å². The van der Waals surface area contributed by atoms with Crippen molar-refractivity contribution in [3.05, 3.63) is 0 Å². The first kappa shape index (κ1) is 24.8. The van der Waals surface area contributed by atoms with Crippen molar-refractivity contribution in [1.82, 2.24) is 0 Å². The molecule has 0 bridgehead atoms. The zero-order chi connectivity index (χ0) is 9.50. The van der Waals surface area contributed by atoms with Gasteiger partial charge in [-0.25, -0.2) is 0 Å². The molecule has 0 saturated heterocycles. The first-order valence-corrected chi connectivity index (χ1v) is 5.46. The summed E-state index contributed by atoms with van der Waals surface area (Å²) in [6.07, 6.45) is 0. The van der Waals surface area contributed by atoms with Crippen LogP contribution in [0.25, 0.3) is 0 Å². The van der Waals surface area contributed by atoms with Crippen LogP contribution in [0.15, 0.2) is 0 Å². The average Bonchev–Trinajstić information content (AvgIpc) is 1.58. The molecule has 0 rings (SSSR count). The van der Waals surface area contributed by atoms with Crippen molar-refractivity contribution in [2.75, 3.05) is 0 Å². The van der Waals surface area contributed by atoms with Gasteiger partial charge in [0.05, 0.1) is 0 Å². The van der Waals surface area contributed by atoms with Gasteiger partial charge in [0.25, 0.3) is 0 Å². The van der Waals surface area contributed by atoms with Crippen LogP contribution >= 0.6 is 15.2 Å². The topological polar surface area (TPSA) is 204 Å². The first-order valence-electron chi connectivity index (χ1n) is 2.30. The maximum atomic E-state index is 10.2. The van der Waals surface area contributed by atoms with Gasteiger partial charge in [0.2, 0.25) is 0 Å². The van der Waals surface area contributed by atoms with E-state index in [-0.39, 0.29) is 66.8 Å². The van der Waals surface area contributed by atoms with Crippen LogP contribution in [-0.4, -0.2) is 79.8 Å². The molecule has 9 nitrogen and oxygen atoms in total. The van der Waals surface area contributed by atoms with E-state index in [2.05, 4.69) is 0 Å². The fourth-order valence-electron chi connectivity index (χ4n) is 0.160. The Hall–Kier alpha value is 1.75. The molecule has 0 aromatic rings. The molecule has 0 saturated carbocycles. The van der Waals surface area contributed by atoms with Gasteiger partial charge in [0.15, 0.2) is 5.08 Å². The Balaban J connectivity index is -0.000000167. The first-order chi connectivity index (χ1) is 4.50. The molecular weight excluding hydrogens is 367 g/mol. The summed E-state index contributed by atoms with van der Waals surface area (Å²) in [6.45, 7) is 0.258. The molecule has 7 N–H and O–H groups in total. The van der Waals surface area contributed by atoms with Gasteiger partial charge in [-0.3, -0.25) is 4.57 Å². The van der Waals surface area contributed by atoms with E-state index in [0.717, 1.165) is 0 Å². The summed E-state index contributed by atoms with van der Waals surface area (Å²) >= 11 is 0. The molecule has 0 amide bonds. The maximum absolute atomic E-state index is 10.2. The van der Waals surface area contributed by atoms with E-state index in [0.29, 0.717) is 0 Å². The molecule has 0 fully saturated rings. The number of rotatable bonds is 2. The quantitative estimate of drug-likeness (QED) is 0.318. The summed E-state index contributed by atoms with van der Waals surface area (Å²) in [5.74, 6) is 0. The number of hydrogen-bond donors (Lipinski definition) is 3. The minimum Gasteiger partial charge on any atom is -0.808 e. The largest absolute Gasteiger partial charge is 2.00 e. The predicted octanol–water partition coefficient (Wildman–Crippen LogP) is -4.29. The summed E-state index contributed by atoms with van der Waals surface area (Å²) in [6, 6.07) is 0. The normalized spacial score (nSPS) is 15.3. The third-order valence-electron chi connectivity index (χ3n) is 1.07. The second-order valence-electron chi connectivity index (χ2n) is 2.01. The van der Waals surface area contributed by atoms with Crippen LogP contribution in [0.3, 0.4) is 0 Å². The molecule has 0 heterocycles. The molecule has 0 aliphatic rings. The monoisotopic (exact) mass is 378 g/mol. The molecular formula is C2H10BaO9P2. The molecule has 0 aromatic carbocycles. The molecule has 0 radical (unpaired) electrons. The summed E-state index contributed by atoms with van der Waals surface area (Å²) in [5, 5.41) is 5.02. The molecule has 0 aliphatic carbocycles. The van der Waals surface area contributed by atoms with Crippen LogP contribution in [-0.2, 0) is 9.13 Å². The third kappa shape index (κ3) is 5.73. The van der Waals surface area contributed by atoms with Gasteiger partial charge in [0, 0.05) is 0 Å². The second kappa shape index (κ2) is 7.15. The smallest absolute Gasteiger partial charge is 0.808 e. The van der Waals surface area contributed by atoms with Gasteiger partial charge in [0.1, 0.15) is 0 Å². The fourth-order valence-corrected chi connectivity index (χ4v) is 1.44. The Bertz CT molecular complexity index is 213. The Morgan fingerprint density at radius 2 is 1.36 bits per heavy atom. The summed E-state index contributed by atoms with van der Waals surface area (Å²) in [7, 11) is -11.0. The van der Waals surface area contributed by atoms with Crippen LogP contribution in [0, 0.1) is 0 Å². The molecule has 12 heteroatoms. The number of aliphatic hydroxyl groups is 1. The molecule has 84 valence electrons. The van der Waals surface area contributed by atoms with Crippen molar-refractivity contribution in [2.45, 2.75) is 12.0 Å². The van der Waals surface area contributed by atoms with Gasteiger partial charge in [-0.05, 0) is 14.5 Å². The predicted molar refractivity (Wildman–Crippen MR) is 43.3 cm³/mol. The van der Waals surface area contributed by atoms with Crippen molar-refractivity contribution in [3.8, 4) is 0 Å². The molecule has 14 heavy (non-hydrogen) atoms. The minimum atomic E-state index is -5.70. The van der Waals surface area contributed by atoms with E-state index >= 15 is 0 Å². The van der Waals surface area contributed by atoms with Crippen molar-refractivity contribution in [1.29, 1.82) is 0 Å². The fraction of sp³-hybridized carbons (Fsp3) is 1.00. The van der Waals surface area contributed by atoms with E-state index in [1.807, 2.05) is 0 Å². The molecule has 1 unspecified atom stereocenters. The van der Waals surface area contributed by atoms with Crippen molar-refractivity contribution < 1.29 is 44.8 Å². The molecule has 0 spiro atoms. The summed E-state index contributed by atoms with van der Waals surface area (Å²) in [4.78, 5) is 36.4. The van der Waals surface area contributed by atoms with Gasteiger partial charge < -0.3 is 40.2 Å². The van der Waals surface area contributed by atoms with E-state index in [9.17, 15) is 18.9 Å². The minimum absolute atomic E-state index is 0. The van der Waals surface area contributed by atoms with E-state index in [1.165, 1.54) is 0 Å². The zero-order valence-corrected chi connectivity index (χ0v) is 13.3. The molecule has 0 aliphatic heterocycles. The second-order valence-corrected chi connectivity index (χ2v) is 6.19. The Kier molecular flexibility index (Phi) is 12.7. The van der Waals surface area contributed by atoms with Crippen LogP contribution < -0.4 is 9.79 Å². The van der Waals surface area contributed by atoms with E-state index < -0.39 is 20.3 Å². The SMILES string of the molecule is CC(O)(P(=O)([O-])[O-])P(=O)(O)O.O.O.[Ba+2]. The van der Waals surface area contributed by atoms with Crippen LogP contribution in [0.4, 0.5) is 0 Å². The Labute approximate surface area is 120 Å². The Morgan fingerprint density at radius 1 is 1.14 bits per heavy atom. The van der Waals surface area contributed by atoms with Crippen molar-refractivity contribution in [2.24, 2.45) is 0 Å². The summed E-state index contributed by atoms with van der Waals surface area (Å²) in [5.41, 5.74) is 0. The van der Waals surface area contributed by atoms with Gasteiger partial charge in [-0.1, -0.05) is 0 Å². The summed E-state index contributed by atoms with van der Waals surface area (Å²) < 4.78 is 20.2.